The van der Waals surface area contributed by atoms with Gasteiger partial charge in [-0.1, -0.05) is 0 Å². The summed E-state index contributed by atoms with van der Waals surface area (Å²) in [6, 6.07) is 10.8. The second-order valence-electron chi connectivity index (χ2n) is 6.97. The molecular formula is C24H18N2O8. The zero-order valence-electron chi connectivity index (χ0n) is 17.8. The Balaban J connectivity index is 1.79. The number of fused-ring (bicyclic) bond motifs is 1. The molecule has 2 aromatic carbocycles. The van der Waals surface area contributed by atoms with Crippen LogP contribution in [-0.4, -0.2) is 33.9 Å². The lowest BCUT2D eigenvalue weighted by atomic mass is 10.1. The van der Waals surface area contributed by atoms with E-state index in [1.54, 1.807) is 13.0 Å². The molecule has 0 aliphatic rings. The summed E-state index contributed by atoms with van der Waals surface area (Å²) >= 11 is 0. The van der Waals surface area contributed by atoms with Gasteiger partial charge in [0, 0.05) is 30.1 Å². The third-order valence-electron chi connectivity index (χ3n) is 4.71. The van der Waals surface area contributed by atoms with Crippen molar-refractivity contribution in [2.45, 2.75) is 6.92 Å². The first-order chi connectivity index (χ1) is 16.4. The van der Waals surface area contributed by atoms with Crippen molar-refractivity contribution in [3.8, 4) is 28.6 Å². The molecule has 0 radical (unpaired) electrons. The van der Waals surface area contributed by atoms with Crippen LogP contribution in [0.3, 0.4) is 0 Å². The van der Waals surface area contributed by atoms with Crippen LogP contribution >= 0.6 is 0 Å². The molecule has 10 nitrogen and oxygen atoms in total. The smallest absolute Gasteiger partial charge is 0.411 e. The van der Waals surface area contributed by atoms with Crippen molar-refractivity contribution in [2.24, 2.45) is 0 Å². The minimum atomic E-state index is -0.789. The van der Waals surface area contributed by atoms with E-state index in [0.29, 0.717) is 0 Å². The van der Waals surface area contributed by atoms with Gasteiger partial charge in [-0.2, -0.15) is 0 Å². The summed E-state index contributed by atoms with van der Waals surface area (Å²) in [6.45, 7) is 1.74. The number of aromatic nitrogens is 1. The van der Waals surface area contributed by atoms with E-state index in [9.17, 15) is 24.6 Å². The van der Waals surface area contributed by atoms with E-state index < -0.39 is 17.5 Å². The Kier molecular flexibility index (Phi) is 6.13. The van der Waals surface area contributed by atoms with Crippen LogP contribution in [0.15, 0.2) is 70.1 Å². The molecule has 0 atom stereocenters. The highest BCUT2D eigenvalue weighted by Crippen LogP contribution is 2.36. The highest BCUT2D eigenvalue weighted by atomic mass is 16.5. The maximum Gasteiger partial charge on any atom is 0.411 e. The van der Waals surface area contributed by atoms with Crippen LogP contribution in [0.25, 0.3) is 22.3 Å². The monoisotopic (exact) mass is 462 g/mol. The number of anilines is 1. The van der Waals surface area contributed by atoms with E-state index >= 15 is 0 Å². The summed E-state index contributed by atoms with van der Waals surface area (Å²) in [7, 11) is 0. The summed E-state index contributed by atoms with van der Waals surface area (Å²) < 4.78 is 16.0. The average molecular weight is 462 g/mol. The van der Waals surface area contributed by atoms with Crippen LogP contribution in [-0.2, 0) is 4.74 Å². The van der Waals surface area contributed by atoms with Gasteiger partial charge in [0.1, 0.15) is 22.6 Å². The lowest BCUT2D eigenvalue weighted by molar-refractivity contribution is 0.0734. The lowest BCUT2D eigenvalue weighted by Gasteiger charge is -2.13. The van der Waals surface area contributed by atoms with E-state index in [0.717, 1.165) is 6.07 Å². The zero-order chi connectivity index (χ0) is 24.2. The van der Waals surface area contributed by atoms with Crippen LogP contribution in [0.5, 0.6) is 17.2 Å². The van der Waals surface area contributed by atoms with Gasteiger partial charge in [-0.05, 0) is 43.3 Å². The van der Waals surface area contributed by atoms with Gasteiger partial charge in [-0.3, -0.25) is 15.1 Å². The number of nitrogens with zero attached hydrogens (tertiary/aromatic N) is 1. The molecule has 3 N–H and O–H groups in total. The Morgan fingerprint density at radius 1 is 1.09 bits per heavy atom. The van der Waals surface area contributed by atoms with Crippen LogP contribution in [0, 0.1) is 0 Å². The fourth-order valence-electron chi connectivity index (χ4n) is 3.20. The van der Waals surface area contributed by atoms with Gasteiger partial charge in [-0.25, -0.2) is 9.59 Å². The van der Waals surface area contributed by atoms with Crippen molar-refractivity contribution in [1.29, 1.82) is 0 Å². The number of pyridine rings is 1. The number of aromatic hydroxyl groups is 2. The molecule has 2 heterocycles. The number of carbonyl (C=O) groups is 2. The van der Waals surface area contributed by atoms with Crippen LogP contribution in [0.4, 0.5) is 10.5 Å². The number of phenols is 2. The van der Waals surface area contributed by atoms with Crippen LogP contribution < -0.4 is 15.5 Å². The quantitative estimate of drug-likeness (QED) is 0.227. The van der Waals surface area contributed by atoms with E-state index in [4.69, 9.17) is 13.9 Å². The maximum atomic E-state index is 12.6. The summed E-state index contributed by atoms with van der Waals surface area (Å²) in [6.07, 6.45) is 2.07. The topological polar surface area (TPSA) is 148 Å². The Bertz CT molecular complexity index is 1450. The predicted octanol–water partition coefficient (Wildman–Crippen LogP) is 4.05. The lowest BCUT2D eigenvalue weighted by Crippen LogP contribution is -2.15. The van der Waals surface area contributed by atoms with Gasteiger partial charge in [-0.15, -0.1) is 0 Å². The summed E-state index contributed by atoms with van der Waals surface area (Å²) in [4.78, 5) is 41.0. The van der Waals surface area contributed by atoms with E-state index in [-0.39, 0.29) is 57.4 Å². The predicted molar refractivity (Wildman–Crippen MR) is 121 cm³/mol. The van der Waals surface area contributed by atoms with E-state index in [1.165, 1.54) is 48.8 Å². The molecule has 0 spiro atoms. The number of ether oxygens (including phenoxy) is 2. The van der Waals surface area contributed by atoms with Crippen LogP contribution in [0.1, 0.15) is 17.3 Å². The second-order valence-corrected chi connectivity index (χ2v) is 6.97. The van der Waals surface area contributed by atoms with Crippen molar-refractivity contribution < 1.29 is 33.7 Å². The van der Waals surface area contributed by atoms with E-state index in [1.807, 2.05) is 0 Å². The molecule has 4 aromatic rings. The Morgan fingerprint density at radius 3 is 2.62 bits per heavy atom. The highest BCUT2D eigenvalue weighted by molar-refractivity contribution is 5.94. The molecule has 2 aromatic heterocycles. The number of phenolic OH excluding ortho intramolecular Hbond substituents is 2. The minimum absolute atomic E-state index is 0.0182. The summed E-state index contributed by atoms with van der Waals surface area (Å²) in [5.74, 6) is -1.30. The number of rotatable bonds is 5. The number of hydrogen-bond donors (Lipinski definition) is 3. The van der Waals surface area contributed by atoms with Crippen molar-refractivity contribution in [1.82, 2.24) is 4.98 Å². The first-order valence-electron chi connectivity index (χ1n) is 10.1. The molecule has 0 fully saturated rings. The van der Waals surface area contributed by atoms with Gasteiger partial charge in [0.05, 0.1) is 17.9 Å². The number of amides is 1. The Labute approximate surface area is 192 Å². The van der Waals surface area contributed by atoms with Crippen molar-refractivity contribution in [2.75, 3.05) is 11.9 Å². The molecule has 0 saturated carbocycles. The largest absolute Gasteiger partial charge is 0.507 e. The fourth-order valence-corrected chi connectivity index (χ4v) is 3.20. The number of esters is 1. The Morgan fingerprint density at radius 2 is 1.88 bits per heavy atom. The normalized spacial score (nSPS) is 10.6. The SMILES string of the molecule is CCOC(=O)Nc1cc(OC(=O)c2cccnc2)ccc1-c1cc(=O)c2c(O)ccc(O)c2o1. The van der Waals surface area contributed by atoms with Gasteiger partial charge < -0.3 is 24.1 Å². The molecule has 0 aliphatic heterocycles. The molecule has 4 rings (SSSR count). The fraction of sp³-hybridized carbons (Fsp3) is 0.0833. The Hall–Kier alpha value is -4.86. The molecule has 10 heteroatoms. The standard InChI is InChI=1S/C24H18N2O8/c1-2-32-24(31)26-16-10-14(33-23(30)13-4-3-9-25-12-13)5-6-15(16)20-11-19(29)21-17(27)7-8-18(28)22(21)34-20/h3-12,27-28H,2H2,1H3,(H,26,31). The van der Waals surface area contributed by atoms with E-state index in [2.05, 4.69) is 10.3 Å². The minimum Gasteiger partial charge on any atom is -0.507 e. The van der Waals surface area contributed by atoms with Crippen molar-refractivity contribution in [3.05, 3.63) is 76.7 Å². The molecule has 0 unspecified atom stereocenters. The van der Waals surface area contributed by atoms with Gasteiger partial charge in [0.2, 0.25) is 0 Å². The molecular weight excluding hydrogens is 444 g/mol. The number of benzene rings is 2. The van der Waals surface area contributed by atoms with Crippen molar-refractivity contribution >= 4 is 28.7 Å². The molecule has 0 aliphatic carbocycles. The zero-order valence-corrected chi connectivity index (χ0v) is 17.8. The van der Waals surface area contributed by atoms with Crippen molar-refractivity contribution in [3.63, 3.8) is 0 Å². The molecule has 34 heavy (non-hydrogen) atoms. The number of hydrogen-bond acceptors (Lipinski definition) is 9. The van der Waals surface area contributed by atoms with Gasteiger partial charge in [0.15, 0.2) is 16.8 Å². The summed E-state index contributed by atoms with van der Waals surface area (Å²) in [5.41, 5.74) is -0.272. The summed E-state index contributed by atoms with van der Waals surface area (Å²) in [5, 5.41) is 22.4. The third kappa shape index (κ3) is 4.51. The molecule has 172 valence electrons. The van der Waals surface area contributed by atoms with Gasteiger partial charge >= 0.3 is 12.1 Å². The maximum absolute atomic E-state index is 12.6. The third-order valence-corrected chi connectivity index (χ3v) is 4.71. The number of carbonyl (C=O) groups excluding carboxylic acids is 2. The average Bonchev–Trinajstić information content (AvgIpc) is 2.82. The highest BCUT2D eigenvalue weighted by Gasteiger charge is 2.19. The van der Waals surface area contributed by atoms with Gasteiger partial charge in [0.25, 0.3) is 0 Å². The molecule has 1 amide bonds. The molecule has 0 saturated heterocycles. The second kappa shape index (κ2) is 9.33. The van der Waals surface area contributed by atoms with Crippen LogP contribution in [0.2, 0.25) is 0 Å². The first kappa shape index (κ1) is 22.3. The first-order valence-corrected chi connectivity index (χ1v) is 10.1. The number of nitrogens with one attached hydrogen (secondary N) is 1. The molecule has 0 bridgehead atoms.